The van der Waals surface area contributed by atoms with Crippen molar-refractivity contribution in [2.75, 3.05) is 46.6 Å². The molecule has 0 unspecified atom stereocenters. The third-order valence-corrected chi connectivity index (χ3v) is 1.62. The van der Waals surface area contributed by atoms with Crippen LogP contribution in [0.1, 0.15) is 6.42 Å². The number of hydrogen-bond acceptors (Lipinski definition) is 4. The predicted molar refractivity (Wildman–Crippen MR) is 52.2 cm³/mol. The quantitative estimate of drug-likeness (QED) is 0.586. The summed E-state index contributed by atoms with van der Waals surface area (Å²) in [5.74, 6) is 0. The first-order valence-corrected chi connectivity index (χ1v) is 5.04. The van der Waals surface area contributed by atoms with E-state index in [0.717, 1.165) is 6.42 Å². The van der Waals surface area contributed by atoms with Crippen molar-refractivity contribution >= 4 is 0 Å². The summed E-state index contributed by atoms with van der Waals surface area (Å²) in [4.78, 5) is 0. The number of ether oxygens (including phenoxy) is 3. The Hall–Kier alpha value is -0.370. The first-order chi connectivity index (χ1) is 7.56. The summed E-state index contributed by atoms with van der Waals surface area (Å²) in [6.07, 6.45) is -3.79. The number of nitrogens with one attached hydrogen (secondary N) is 1. The predicted octanol–water partition coefficient (Wildman–Crippen LogP) is 1.17. The van der Waals surface area contributed by atoms with E-state index in [1.807, 2.05) is 0 Å². The minimum atomic E-state index is -4.54. The van der Waals surface area contributed by atoms with Gasteiger partial charge >= 0.3 is 6.36 Å². The monoisotopic (exact) mass is 245 g/mol. The summed E-state index contributed by atoms with van der Waals surface area (Å²) in [6, 6.07) is 0. The molecule has 7 heteroatoms. The zero-order valence-electron chi connectivity index (χ0n) is 9.31. The molecule has 0 rings (SSSR count). The van der Waals surface area contributed by atoms with E-state index in [0.29, 0.717) is 26.4 Å². The molecule has 1 N–H and O–H groups in total. The number of rotatable bonds is 10. The van der Waals surface area contributed by atoms with Crippen molar-refractivity contribution in [2.45, 2.75) is 12.8 Å². The highest BCUT2D eigenvalue weighted by molar-refractivity contribution is 4.47. The van der Waals surface area contributed by atoms with Gasteiger partial charge in [0, 0.05) is 20.3 Å². The Morgan fingerprint density at radius 3 is 2.38 bits per heavy atom. The first-order valence-electron chi connectivity index (χ1n) is 5.04. The van der Waals surface area contributed by atoms with Crippen molar-refractivity contribution in [3.63, 3.8) is 0 Å². The number of hydrogen-bond donors (Lipinski definition) is 1. The maximum absolute atomic E-state index is 11.5. The van der Waals surface area contributed by atoms with Gasteiger partial charge in [0.05, 0.1) is 19.8 Å². The SMILES string of the molecule is COCCOCCCNCCOC(F)(F)F. The number of alkyl halides is 3. The summed E-state index contributed by atoms with van der Waals surface area (Å²) in [5, 5.41) is 2.81. The summed E-state index contributed by atoms with van der Waals surface area (Å²) in [7, 11) is 1.59. The average molecular weight is 245 g/mol. The molecule has 0 amide bonds. The van der Waals surface area contributed by atoms with Gasteiger partial charge in [-0.05, 0) is 13.0 Å². The van der Waals surface area contributed by atoms with E-state index in [-0.39, 0.29) is 13.2 Å². The Kier molecular flexibility index (Phi) is 9.60. The molecule has 0 saturated carbocycles. The van der Waals surface area contributed by atoms with Crippen molar-refractivity contribution in [3.05, 3.63) is 0 Å². The van der Waals surface area contributed by atoms with Crippen LogP contribution in [-0.4, -0.2) is 53.0 Å². The van der Waals surface area contributed by atoms with Gasteiger partial charge in [0.25, 0.3) is 0 Å². The van der Waals surface area contributed by atoms with Crippen LogP contribution in [0.3, 0.4) is 0 Å². The molecule has 0 spiro atoms. The molecule has 0 aromatic heterocycles. The normalized spacial score (nSPS) is 12.0. The molecule has 0 fully saturated rings. The topological polar surface area (TPSA) is 39.7 Å². The smallest absolute Gasteiger partial charge is 0.382 e. The lowest BCUT2D eigenvalue weighted by Crippen LogP contribution is -2.25. The molecule has 0 aliphatic carbocycles. The van der Waals surface area contributed by atoms with Crippen LogP contribution in [0.5, 0.6) is 0 Å². The molecule has 0 aliphatic heterocycles. The summed E-state index contributed by atoms with van der Waals surface area (Å²) in [6.45, 7) is 2.07. The third-order valence-electron chi connectivity index (χ3n) is 1.62. The Morgan fingerprint density at radius 2 is 1.75 bits per heavy atom. The van der Waals surface area contributed by atoms with Crippen LogP contribution in [0, 0.1) is 0 Å². The van der Waals surface area contributed by atoms with E-state index in [4.69, 9.17) is 9.47 Å². The second-order valence-corrected chi connectivity index (χ2v) is 3.00. The van der Waals surface area contributed by atoms with Crippen molar-refractivity contribution in [2.24, 2.45) is 0 Å². The molecule has 98 valence electrons. The van der Waals surface area contributed by atoms with Crippen molar-refractivity contribution in [3.8, 4) is 0 Å². The largest absolute Gasteiger partial charge is 0.522 e. The van der Waals surface area contributed by atoms with Crippen LogP contribution in [0.4, 0.5) is 13.2 Å². The second kappa shape index (κ2) is 9.83. The van der Waals surface area contributed by atoms with E-state index < -0.39 is 6.36 Å². The molecular weight excluding hydrogens is 227 g/mol. The molecule has 0 aromatic carbocycles. The van der Waals surface area contributed by atoms with Crippen LogP contribution >= 0.6 is 0 Å². The summed E-state index contributed by atoms with van der Waals surface area (Å²) >= 11 is 0. The van der Waals surface area contributed by atoms with E-state index in [2.05, 4.69) is 10.1 Å². The highest BCUT2D eigenvalue weighted by Gasteiger charge is 2.28. The molecule has 0 saturated heterocycles. The molecule has 0 bridgehead atoms. The maximum atomic E-state index is 11.5. The Balaban J connectivity index is 2.99. The molecule has 16 heavy (non-hydrogen) atoms. The van der Waals surface area contributed by atoms with Crippen LogP contribution in [-0.2, 0) is 14.2 Å². The molecule has 4 nitrogen and oxygen atoms in total. The molecule has 0 aromatic rings. The third kappa shape index (κ3) is 13.6. The first kappa shape index (κ1) is 15.6. The fraction of sp³-hybridized carbons (Fsp3) is 1.00. The minimum Gasteiger partial charge on any atom is -0.382 e. The van der Waals surface area contributed by atoms with Gasteiger partial charge in [-0.3, -0.25) is 4.74 Å². The van der Waals surface area contributed by atoms with Crippen molar-refractivity contribution in [1.29, 1.82) is 0 Å². The standard InChI is InChI=1S/C9H18F3NO3/c1-14-7-8-15-5-2-3-13-4-6-16-9(10,11)12/h13H,2-8H2,1H3. The minimum absolute atomic E-state index is 0.178. The van der Waals surface area contributed by atoms with Gasteiger partial charge < -0.3 is 14.8 Å². The van der Waals surface area contributed by atoms with Crippen LogP contribution in [0.15, 0.2) is 0 Å². The average Bonchev–Trinajstić information content (AvgIpc) is 2.19. The second-order valence-electron chi connectivity index (χ2n) is 3.00. The zero-order chi connectivity index (χ0) is 12.3. The molecule has 0 atom stereocenters. The molecule has 0 radical (unpaired) electrons. The Bertz CT molecular complexity index is 155. The van der Waals surface area contributed by atoms with Gasteiger partial charge in [-0.25, -0.2) is 0 Å². The molecular formula is C9H18F3NO3. The summed E-state index contributed by atoms with van der Waals surface area (Å²) in [5.41, 5.74) is 0. The van der Waals surface area contributed by atoms with Gasteiger partial charge in [-0.2, -0.15) is 0 Å². The van der Waals surface area contributed by atoms with Gasteiger partial charge in [0.1, 0.15) is 0 Å². The van der Waals surface area contributed by atoms with Crippen molar-refractivity contribution in [1.82, 2.24) is 5.32 Å². The van der Waals surface area contributed by atoms with Crippen LogP contribution in [0.2, 0.25) is 0 Å². The fourth-order valence-corrected chi connectivity index (χ4v) is 0.907. The number of halogens is 3. The maximum Gasteiger partial charge on any atom is 0.522 e. The van der Waals surface area contributed by atoms with E-state index >= 15 is 0 Å². The lowest BCUT2D eigenvalue weighted by molar-refractivity contribution is -0.323. The zero-order valence-corrected chi connectivity index (χ0v) is 9.31. The Morgan fingerprint density at radius 1 is 1.00 bits per heavy atom. The van der Waals surface area contributed by atoms with E-state index in [1.54, 1.807) is 7.11 Å². The van der Waals surface area contributed by atoms with Gasteiger partial charge in [-0.1, -0.05) is 0 Å². The van der Waals surface area contributed by atoms with Crippen LogP contribution < -0.4 is 5.32 Å². The van der Waals surface area contributed by atoms with Crippen molar-refractivity contribution < 1.29 is 27.4 Å². The highest BCUT2D eigenvalue weighted by Crippen LogP contribution is 2.14. The van der Waals surface area contributed by atoms with Gasteiger partial charge in [0.2, 0.25) is 0 Å². The lowest BCUT2D eigenvalue weighted by Gasteiger charge is -2.08. The fourth-order valence-electron chi connectivity index (χ4n) is 0.907. The van der Waals surface area contributed by atoms with Gasteiger partial charge in [0.15, 0.2) is 0 Å². The van der Waals surface area contributed by atoms with E-state index in [1.165, 1.54) is 0 Å². The van der Waals surface area contributed by atoms with Gasteiger partial charge in [-0.15, -0.1) is 13.2 Å². The molecule has 0 heterocycles. The highest BCUT2D eigenvalue weighted by atomic mass is 19.4. The van der Waals surface area contributed by atoms with E-state index in [9.17, 15) is 13.2 Å². The molecule has 0 aliphatic rings. The van der Waals surface area contributed by atoms with Crippen LogP contribution in [0.25, 0.3) is 0 Å². The summed E-state index contributed by atoms with van der Waals surface area (Å²) < 4.78 is 48.1. The number of methoxy groups -OCH3 is 1. The Labute approximate surface area is 93.0 Å². The lowest BCUT2D eigenvalue weighted by atomic mass is 10.4.